The van der Waals surface area contributed by atoms with Crippen LogP contribution in [0.4, 0.5) is 0 Å². The number of aliphatic carboxylic acids is 1. The molecule has 7 heteroatoms. The van der Waals surface area contributed by atoms with Gasteiger partial charge < -0.3 is 16.6 Å². The van der Waals surface area contributed by atoms with Gasteiger partial charge in [0.25, 0.3) is 0 Å². The van der Waals surface area contributed by atoms with E-state index in [1.165, 1.54) is 6.21 Å². The third-order valence-electron chi connectivity index (χ3n) is 2.27. The van der Waals surface area contributed by atoms with Crippen LogP contribution in [0.1, 0.15) is 18.5 Å². The molecule has 0 saturated carbocycles. The first-order valence-corrected chi connectivity index (χ1v) is 6.40. The number of carboxylic acids is 1. The second kappa shape index (κ2) is 12.5. The lowest BCUT2D eigenvalue weighted by Crippen LogP contribution is -2.19. The van der Waals surface area contributed by atoms with Gasteiger partial charge in [0, 0.05) is 12.4 Å². The molecule has 1 heterocycles. The summed E-state index contributed by atoms with van der Waals surface area (Å²) in [7, 11) is 0. The zero-order valence-corrected chi connectivity index (χ0v) is 11.7. The van der Waals surface area contributed by atoms with Crippen molar-refractivity contribution in [3.63, 3.8) is 0 Å². The number of aromatic nitrogens is 1. The van der Waals surface area contributed by atoms with Crippen molar-refractivity contribution in [1.82, 2.24) is 4.98 Å². The van der Waals surface area contributed by atoms with Gasteiger partial charge in [-0.3, -0.25) is 15.4 Å². The average Bonchev–Trinajstić information content (AvgIpc) is 2.48. The molecule has 0 spiro atoms. The van der Waals surface area contributed by atoms with Crippen LogP contribution in [0, 0.1) is 5.41 Å². The molecule has 0 radical (unpaired) electrons. The highest BCUT2D eigenvalue weighted by atomic mass is 16.4. The molecule has 1 unspecified atom stereocenters. The molecule has 114 valence electrons. The minimum absolute atomic E-state index is 0.458. The lowest BCUT2D eigenvalue weighted by atomic mass is 10.1. The Morgan fingerprint density at radius 1 is 1.52 bits per heavy atom. The van der Waals surface area contributed by atoms with Crippen molar-refractivity contribution < 1.29 is 9.90 Å². The first kappa shape index (κ1) is 18.5. The van der Waals surface area contributed by atoms with Gasteiger partial charge in [-0.1, -0.05) is 6.07 Å². The number of hydrogen-bond acceptors (Lipinski definition) is 5. The minimum atomic E-state index is -0.925. The SMILES string of the molecule is N=CN.NCCCC(N=C/C=C/c1ccccn1)C(=O)O. The summed E-state index contributed by atoms with van der Waals surface area (Å²) < 4.78 is 0. The third kappa shape index (κ3) is 9.97. The number of pyridine rings is 1. The molecule has 0 aromatic carbocycles. The van der Waals surface area contributed by atoms with Crippen LogP contribution in [-0.4, -0.2) is 41.2 Å². The molecular formula is C14H21N5O2. The molecule has 1 atom stereocenters. The smallest absolute Gasteiger partial charge is 0.328 e. The molecule has 0 aliphatic carbocycles. The molecule has 6 N–H and O–H groups in total. The van der Waals surface area contributed by atoms with Crippen LogP contribution in [-0.2, 0) is 4.79 Å². The van der Waals surface area contributed by atoms with Crippen LogP contribution in [0.3, 0.4) is 0 Å². The lowest BCUT2D eigenvalue weighted by molar-refractivity contribution is -0.138. The maximum atomic E-state index is 10.9. The summed E-state index contributed by atoms with van der Waals surface area (Å²) in [5.74, 6) is -0.925. The van der Waals surface area contributed by atoms with Gasteiger partial charge in [0.15, 0.2) is 0 Å². The Bertz CT molecular complexity index is 460. The van der Waals surface area contributed by atoms with Gasteiger partial charge in [-0.15, -0.1) is 0 Å². The molecule has 7 nitrogen and oxygen atoms in total. The minimum Gasteiger partial charge on any atom is -0.480 e. The van der Waals surface area contributed by atoms with Crippen LogP contribution in [0.15, 0.2) is 35.5 Å². The van der Waals surface area contributed by atoms with Crippen molar-refractivity contribution in [2.75, 3.05) is 6.54 Å². The fourth-order valence-electron chi connectivity index (χ4n) is 1.34. The third-order valence-corrected chi connectivity index (χ3v) is 2.27. The molecule has 0 saturated heterocycles. The number of nitrogens with two attached hydrogens (primary N) is 2. The largest absolute Gasteiger partial charge is 0.480 e. The van der Waals surface area contributed by atoms with Gasteiger partial charge in [0.1, 0.15) is 6.04 Å². The van der Waals surface area contributed by atoms with Gasteiger partial charge in [-0.2, -0.15) is 0 Å². The lowest BCUT2D eigenvalue weighted by Gasteiger charge is -2.04. The van der Waals surface area contributed by atoms with Gasteiger partial charge in [-0.05, 0) is 43.7 Å². The number of carboxylic acid groups (broad SMARTS) is 1. The van der Waals surface area contributed by atoms with Gasteiger partial charge in [0.05, 0.1) is 12.0 Å². The Kier molecular flexibility index (Phi) is 11.0. The zero-order valence-electron chi connectivity index (χ0n) is 11.7. The maximum absolute atomic E-state index is 10.9. The predicted molar refractivity (Wildman–Crippen MR) is 84.4 cm³/mol. The molecule has 1 rings (SSSR count). The van der Waals surface area contributed by atoms with E-state index in [0.29, 0.717) is 19.4 Å². The van der Waals surface area contributed by atoms with Gasteiger partial charge in [0.2, 0.25) is 0 Å². The number of aliphatic imine (C=N–C) groups is 1. The second-order valence-corrected chi connectivity index (χ2v) is 3.86. The van der Waals surface area contributed by atoms with E-state index in [9.17, 15) is 4.79 Å². The zero-order chi connectivity index (χ0) is 15.9. The van der Waals surface area contributed by atoms with E-state index in [1.807, 2.05) is 18.2 Å². The molecule has 1 aromatic heterocycles. The van der Waals surface area contributed by atoms with Crippen LogP contribution >= 0.6 is 0 Å². The van der Waals surface area contributed by atoms with Crippen molar-refractivity contribution in [3.8, 4) is 0 Å². The van der Waals surface area contributed by atoms with Gasteiger partial charge in [-0.25, -0.2) is 4.79 Å². The van der Waals surface area contributed by atoms with E-state index in [0.717, 1.165) is 12.0 Å². The van der Waals surface area contributed by atoms with Crippen molar-refractivity contribution in [2.24, 2.45) is 16.5 Å². The second-order valence-electron chi connectivity index (χ2n) is 3.86. The summed E-state index contributed by atoms with van der Waals surface area (Å²) in [6.07, 6.45) is 8.49. The highest BCUT2D eigenvalue weighted by molar-refractivity contribution is 5.81. The molecular weight excluding hydrogens is 270 g/mol. The standard InChI is InChI=1S/C13H17N3O2.CH4N2/c14-8-3-7-12(13(17)18)16-10-4-6-11-5-1-2-9-15-11;2-1-3/h1-2,4-6,9-10,12H,3,7-8,14H2,(H,17,18);1H,(H3,2,3)/b6-4+,16-10?;. The van der Waals surface area contributed by atoms with E-state index >= 15 is 0 Å². The van der Waals surface area contributed by atoms with Crippen molar-refractivity contribution in [3.05, 3.63) is 36.2 Å². The van der Waals surface area contributed by atoms with E-state index in [4.69, 9.17) is 16.2 Å². The van der Waals surface area contributed by atoms with Crippen LogP contribution in [0.2, 0.25) is 0 Å². The Morgan fingerprint density at radius 2 is 2.24 bits per heavy atom. The monoisotopic (exact) mass is 291 g/mol. The summed E-state index contributed by atoms with van der Waals surface area (Å²) in [4.78, 5) is 19.0. The van der Waals surface area contributed by atoms with Crippen molar-refractivity contribution in [2.45, 2.75) is 18.9 Å². The van der Waals surface area contributed by atoms with E-state index in [1.54, 1.807) is 18.3 Å². The van der Waals surface area contributed by atoms with E-state index in [2.05, 4.69) is 15.7 Å². The summed E-state index contributed by atoms with van der Waals surface area (Å²) >= 11 is 0. The topological polar surface area (TPSA) is 138 Å². The number of nitrogens with one attached hydrogen (secondary N) is 1. The molecule has 0 bridgehead atoms. The van der Waals surface area contributed by atoms with Crippen LogP contribution in [0.25, 0.3) is 6.08 Å². The van der Waals surface area contributed by atoms with Crippen LogP contribution < -0.4 is 11.5 Å². The number of hydrogen-bond donors (Lipinski definition) is 4. The fraction of sp³-hybridized carbons (Fsp3) is 0.286. The molecule has 0 amide bonds. The average molecular weight is 291 g/mol. The fourth-order valence-corrected chi connectivity index (χ4v) is 1.34. The molecule has 1 aromatic rings. The van der Waals surface area contributed by atoms with Gasteiger partial charge >= 0.3 is 5.97 Å². The number of allylic oxidation sites excluding steroid dienone is 1. The van der Waals surface area contributed by atoms with E-state index < -0.39 is 12.0 Å². The molecule has 0 aliphatic rings. The van der Waals surface area contributed by atoms with Crippen molar-refractivity contribution in [1.29, 1.82) is 5.41 Å². The first-order chi connectivity index (χ1) is 10.2. The highest BCUT2D eigenvalue weighted by Crippen LogP contribution is 2.01. The Morgan fingerprint density at radius 3 is 2.76 bits per heavy atom. The highest BCUT2D eigenvalue weighted by Gasteiger charge is 2.13. The Balaban J connectivity index is 0.00000122. The first-order valence-electron chi connectivity index (χ1n) is 6.40. The Labute approximate surface area is 123 Å². The number of nitrogens with zero attached hydrogens (tertiary/aromatic N) is 2. The van der Waals surface area contributed by atoms with Crippen LogP contribution in [0.5, 0.6) is 0 Å². The quantitative estimate of drug-likeness (QED) is 0.437. The number of rotatable bonds is 7. The number of carbonyl (C=O) groups is 1. The summed E-state index contributed by atoms with van der Waals surface area (Å²) in [5, 5.41) is 14.8. The summed E-state index contributed by atoms with van der Waals surface area (Å²) in [6.45, 7) is 0.475. The maximum Gasteiger partial charge on any atom is 0.328 e. The molecule has 21 heavy (non-hydrogen) atoms. The Hall–Kier alpha value is -2.54. The summed E-state index contributed by atoms with van der Waals surface area (Å²) in [6, 6.07) is 4.85. The molecule has 0 aliphatic heterocycles. The van der Waals surface area contributed by atoms with Crippen molar-refractivity contribution >= 4 is 24.6 Å². The molecule has 0 fully saturated rings. The summed E-state index contributed by atoms with van der Waals surface area (Å²) in [5.41, 5.74) is 10.5. The van der Waals surface area contributed by atoms with E-state index in [-0.39, 0.29) is 0 Å². The predicted octanol–water partition coefficient (Wildman–Crippen LogP) is 0.910. The normalized spacial score (nSPS) is 11.9.